The van der Waals surface area contributed by atoms with Crippen molar-refractivity contribution in [2.24, 2.45) is 5.73 Å². The smallest absolute Gasteiger partial charge is 0.141 e. The molecule has 0 saturated carbocycles. The van der Waals surface area contributed by atoms with Gasteiger partial charge < -0.3 is 10.5 Å². The average Bonchev–Trinajstić information content (AvgIpc) is 2.20. The maximum atomic E-state index is 6.34. The molecule has 0 amide bonds. The third kappa shape index (κ3) is 5.21. The summed E-state index contributed by atoms with van der Waals surface area (Å²) in [6, 6.07) is 4.26. The lowest BCUT2D eigenvalue weighted by Gasteiger charge is -2.23. The Morgan fingerprint density at radius 1 is 1.32 bits per heavy atom. The van der Waals surface area contributed by atoms with Gasteiger partial charge in [-0.3, -0.25) is 0 Å². The highest BCUT2D eigenvalue weighted by Crippen LogP contribution is 2.35. The Balaban J connectivity index is 0.00000324. The fourth-order valence-electron chi connectivity index (χ4n) is 1.89. The van der Waals surface area contributed by atoms with Gasteiger partial charge in [-0.15, -0.1) is 12.4 Å². The van der Waals surface area contributed by atoms with Crippen molar-refractivity contribution >= 4 is 24.0 Å². The quantitative estimate of drug-likeness (QED) is 0.897. The molecule has 2 N–H and O–H groups in total. The summed E-state index contributed by atoms with van der Waals surface area (Å²) in [6.45, 7) is 11.1. The van der Waals surface area contributed by atoms with Gasteiger partial charge in [0.25, 0.3) is 0 Å². The number of rotatable bonds is 4. The number of halogens is 2. The van der Waals surface area contributed by atoms with Crippen LogP contribution in [0.5, 0.6) is 5.75 Å². The van der Waals surface area contributed by atoms with Crippen molar-refractivity contribution in [3.63, 3.8) is 0 Å². The molecule has 0 saturated heterocycles. The summed E-state index contributed by atoms with van der Waals surface area (Å²) in [5.74, 6) is 0.782. The van der Waals surface area contributed by atoms with Gasteiger partial charge in [-0.2, -0.15) is 0 Å². The van der Waals surface area contributed by atoms with Crippen molar-refractivity contribution in [3.8, 4) is 5.75 Å². The summed E-state index contributed by atoms with van der Waals surface area (Å²) in [6.07, 6.45) is 0.777. The number of benzene rings is 1. The third-order valence-corrected chi connectivity index (χ3v) is 3.10. The zero-order chi connectivity index (χ0) is 13.9. The van der Waals surface area contributed by atoms with E-state index in [2.05, 4.69) is 26.8 Å². The first-order valence-corrected chi connectivity index (χ1v) is 6.84. The maximum absolute atomic E-state index is 6.34. The van der Waals surface area contributed by atoms with Crippen LogP contribution in [0, 0.1) is 0 Å². The van der Waals surface area contributed by atoms with Gasteiger partial charge in [0.2, 0.25) is 0 Å². The molecule has 0 spiro atoms. The van der Waals surface area contributed by atoms with Crippen LogP contribution in [-0.2, 0) is 11.8 Å². The molecular weight excluding hydrogens is 281 g/mol. The van der Waals surface area contributed by atoms with Crippen molar-refractivity contribution in [3.05, 3.63) is 28.3 Å². The largest absolute Gasteiger partial charge is 0.492 e. The second kappa shape index (κ2) is 7.37. The predicted molar refractivity (Wildman–Crippen MR) is 85.9 cm³/mol. The van der Waals surface area contributed by atoms with Gasteiger partial charge in [-0.05, 0) is 42.9 Å². The maximum Gasteiger partial charge on any atom is 0.141 e. The van der Waals surface area contributed by atoms with E-state index in [1.165, 1.54) is 5.56 Å². The van der Waals surface area contributed by atoms with E-state index in [-0.39, 0.29) is 23.9 Å². The van der Waals surface area contributed by atoms with Crippen molar-refractivity contribution in [1.29, 1.82) is 0 Å². The minimum Gasteiger partial charge on any atom is -0.492 e. The summed E-state index contributed by atoms with van der Waals surface area (Å²) in [5, 5.41) is 0.680. The van der Waals surface area contributed by atoms with Crippen LogP contribution >= 0.6 is 24.0 Å². The van der Waals surface area contributed by atoms with Crippen LogP contribution < -0.4 is 10.5 Å². The second-order valence-corrected chi connectivity index (χ2v) is 6.22. The molecule has 2 nitrogen and oxygen atoms in total. The summed E-state index contributed by atoms with van der Waals surface area (Å²) in [4.78, 5) is 0. The fourth-order valence-corrected chi connectivity index (χ4v) is 2.18. The van der Waals surface area contributed by atoms with Crippen LogP contribution in [0.3, 0.4) is 0 Å². The molecule has 1 atom stereocenters. The molecule has 0 aromatic heterocycles. The van der Waals surface area contributed by atoms with Crippen LogP contribution in [0.2, 0.25) is 5.02 Å². The van der Waals surface area contributed by atoms with Crippen molar-refractivity contribution in [2.45, 2.75) is 52.5 Å². The second-order valence-electron chi connectivity index (χ2n) is 5.81. The number of hydrogen-bond donors (Lipinski definition) is 1. The molecule has 110 valence electrons. The number of hydrogen-bond acceptors (Lipinski definition) is 2. The van der Waals surface area contributed by atoms with Crippen LogP contribution in [-0.4, -0.2) is 12.6 Å². The Morgan fingerprint density at radius 3 is 2.32 bits per heavy atom. The monoisotopic (exact) mass is 305 g/mol. The predicted octanol–water partition coefficient (Wildman–Crippen LogP) is 4.35. The molecule has 0 aliphatic rings. The highest BCUT2D eigenvalue weighted by molar-refractivity contribution is 6.32. The van der Waals surface area contributed by atoms with Crippen molar-refractivity contribution in [1.82, 2.24) is 0 Å². The van der Waals surface area contributed by atoms with E-state index < -0.39 is 0 Å². The highest BCUT2D eigenvalue weighted by Gasteiger charge is 2.19. The first kappa shape index (κ1) is 18.6. The van der Waals surface area contributed by atoms with Crippen LogP contribution in [0.1, 0.15) is 45.7 Å². The van der Waals surface area contributed by atoms with Gasteiger partial charge in [0.15, 0.2) is 0 Å². The first-order chi connectivity index (χ1) is 8.25. The molecular formula is C15H25Cl2NO. The van der Waals surface area contributed by atoms with E-state index >= 15 is 0 Å². The molecule has 0 heterocycles. The molecule has 0 aliphatic heterocycles. The Hall–Kier alpha value is -0.440. The van der Waals surface area contributed by atoms with Crippen molar-refractivity contribution < 1.29 is 4.74 Å². The van der Waals surface area contributed by atoms with Gasteiger partial charge in [-0.25, -0.2) is 0 Å². The van der Waals surface area contributed by atoms with Crippen LogP contribution in [0.4, 0.5) is 0 Å². The number of ether oxygens (including phenoxy) is 1. The summed E-state index contributed by atoms with van der Waals surface area (Å²) < 4.78 is 5.65. The van der Waals surface area contributed by atoms with Gasteiger partial charge in [0.1, 0.15) is 5.75 Å². The Bertz CT molecular complexity index is 411. The van der Waals surface area contributed by atoms with E-state index in [1.54, 1.807) is 0 Å². The lowest BCUT2D eigenvalue weighted by atomic mass is 9.85. The zero-order valence-corrected chi connectivity index (χ0v) is 14.0. The highest BCUT2D eigenvalue weighted by atomic mass is 35.5. The first-order valence-electron chi connectivity index (χ1n) is 6.47. The fraction of sp³-hybridized carbons (Fsp3) is 0.600. The molecule has 1 rings (SSSR count). The topological polar surface area (TPSA) is 35.2 Å². The summed E-state index contributed by atoms with van der Waals surface area (Å²) in [5.41, 5.74) is 8.29. The zero-order valence-electron chi connectivity index (χ0n) is 12.4. The third-order valence-electron chi connectivity index (χ3n) is 2.82. The van der Waals surface area contributed by atoms with Gasteiger partial charge in [0.05, 0.1) is 11.6 Å². The van der Waals surface area contributed by atoms with E-state index in [0.717, 1.165) is 17.7 Å². The lowest BCUT2D eigenvalue weighted by Crippen LogP contribution is -2.19. The molecule has 19 heavy (non-hydrogen) atoms. The minimum absolute atomic E-state index is 0. The molecule has 1 aromatic rings. The van der Waals surface area contributed by atoms with Gasteiger partial charge in [-0.1, -0.05) is 38.4 Å². The van der Waals surface area contributed by atoms with Gasteiger partial charge >= 0.3 is 0 Å². The normalized spacial score (nSPS) is 12.8. The van der Waals surface area contributed by atoms with Crippen LogP contribution in [0.25, 0.3) is 0 Å². The standard InChI is InChI=1S/C15H24ClNO.ClH/c1-6-18-14-11(7-10(2)17)8-12(9-13(14)16)15(3,4)5;/h8-10H,6-7,17H2,1-5H3;1H. The average molecular weight is 306 g/mol. The molecule has 0 radical (unpaired) electrons. The SMILES string of the molecule is CCOc1c(Cl)cc(C(C)(C)C)cc1CC(C)N.Cl. The molecule has 1 unspecified atom stereocenters. The van der Waals surface area contributed by atoms with E-state index in [1.807, 2.05) is 19.9 Å². The molecule has 0 bridgehead atoms. The van der Waals surface area contributed by atoms with Crippen LogP contribution in [0.15, 0.2) is 12.1 Å². The Morgan fingerprint density at radius 2 is 1.89 bits per heavy atom. The Labute approximate surface area is 128 Å². The molecule has 0 aliphatic carbocycles. The van der Waals surface area contributed by atoms with Crippen molar-refractivity contribution in [2.75, 3.05) is 6.61 Å². The molecule has 4 heteroatoms. The minimum atomic E-state index is 0. The lowest BCUT2D eigenvalue weighted by molar-refractivity contribution is 0.335. The summed E-state index contributed by atoms with van der Waals surface area (Å²) in [7, 11) is 0. The van der Waals surface area contributed by atoms with E-state index in [9.17, 15) is 0 Å². The van der Waals surface area contributed by atoms with Gasteiger partial charge in [0, 0.05) is 6.04 Å². The Kier molecular flexibility index (Phi) is 7.20. The number of nitrogens with two attached hydrogens (primary N) is 1. The van der Waals surface area contributed by atoms with E-state index in [4.69, 9.17) is 22.1 Å². The summed E-state index contributed by atoms with van der Waals surface area (Å²) >= 11 is 6.34. The molecule has 0 fully saturated rings. The molecule has 1 aromatic carbocycles. The van der Waals surface area contributed by atoms with E-state index in [0.29, 0.717) is 11.6 Å².